The molecule has 0 radical (unpaired) electrons. The van der Waals surface area contributed by atoms with Crippen molar-refractivity contribution in [1.82, 2.24) is 0 Å². The Labute approximate surface area is 98.0 Å². The van der Waals surface area contributed by atoms with Gasteiger partial charge in [0.05, 0.1) is 4.92 Å². The van der Waals surface area contributed by atoms with Gasteiger partial charge in [-0.1, -0.05) is 0 Å². The van der Waals surface area contributed by atoms with E-state index < -0.39 is 0 Å². The Hall–Kier alpha value is -0.690. The van der Waals surface area contributed by atoms with Crippen LogP contribution in [0.25, 0.3) is 10.1 Å². The highest BCUT2D eigenvalue weighted by Crippen LogP contribution is 2.34. The van der Waals surface area contributed by atoms with Crippen molar-refractivity contribution in [3.63, 3.8) is 0 Å². The smallest absolute Gasteiger partial charge is 0.258 e. The van der Waals surface area contributed by atoms with Crippen LogP contribution in [-0.4, -0.2) is 4.92 Å². The molecule has 0 unspecified atom stereocenters. The third-order valence-corrected chi connectivity index (χ3v) is 3.77. The summed E-state index contributed by atoms with van der Waals surface area (Å²) in [6.07, 6.45) is 0. The Morgan fingerprint density at radius 3 is 2.86 bits per heavy atom. The van der Waals surface area contributed by atoms with Crippen LogP contribution in [0.15, 0.2) is 17.5 Å². The minimum atomic E-state index is -0.319. The molecule has 2 rings (SSSR count). The van der Waals surface area contributed by atoms with Crippen LogP contribution >= 0.6 is 33.9 Å². The molecular formula is C9H6INO2S. The normalized spacial score (nSPS) is 10.7. The van der Waals surface area contributed by atoms with E-state index in [4.69, 9.17) is 0 Å². The van der Waals surface area contributed by atoms with Gasteiger partial charge in [-0.15, -0.1) is 11.3 Å². The van der Waals surface area contributed by atoms with Gasteiger partial charge in [-0.05, 0) is 46.5 Å². The number of nitrogens with zero attached hydrogens (tertiary/aromatic N) is 1. The van der Waals surface area contributed by atoms with Gasteiger partial charge in [-0.2, -0.15) is 0 Å². The van der Waals surface area contributed by atoms with E-state index in [1.54, 1.807) is 6.07 Å². The maximum absolute atomic E-state index is 10.8. The molecule has 0 amide bonds. The molecule has 1 heterocycles. The molecule has 0 aliphatic rings. The molecule has 0 spiro atoms. The second-order valence-corrected chi connectivity index (χ2v) is 5.10. The molecule has 0 aliphatic heterocycles. The summed E-state index contributed by atoms with van der Waals surface area (Å²) < 4.78 is 1.68. The maximum Gasteiger partial charge on any atom is 0.288 e. The van der Waals surface area contributed by atoms with Crippen molar-refractivity contribution in [3.05, 3.63) is 36.8 Å². The molecule has 72 valence electrons. The largest absolute Gasteiger partial charge is 0.288 e. The number of nitro benzene ring substituents is 1. The number of thiophene rings is 1. The first kappa shape index (κ1) is 9.85. The number of aryl methyl sites for hydroxylation is 1. The fourth-order valence-electron chi connectivity index (χ4n) is 1.34. The Kier molecular flexibility index (Phi) is 2.44. The highest BCUT2D eigenvalue weighted by Gasteiger charge is 2.15. The molecule has 0 saturated heterocycles. The third-order valence-electron chi connectivity index (χ3n) is 2.01. The molecule has 0 atom stereocenters. The number of benzene rings is 1. The maximum atomic E-state index is 10.8. The lowest BCUT2D eigenvalue weighted by Gasteiger charge is -1.96. The number of fused-ring (bicyclic) bond motifs is 1. The zero-order valence-corrected chi connectivity index (χ0v) is 10.3. The Morgan fingerprint density at radius 2 is 2.21 bits per heavy atom. The van der Waals surface area contributed by atoms with Crippen molar-refractivity contribution < 1.29 is 4.92 Å². The summed E-state index contributed by atoms with van der Waals surface area (Å²) in [6.45, 7) is 1.97. The van der Waals surface area contributed by atoms with E-state index in [2.05, 4.69) is 22.6 Å². The zero-order chi connectivity index (χ0) is 10.3. The molecule has 5 heteroatoms. The third kappa shape index (κ3) is 1.50. The van der Waals surface area contributed by atoms with Gasteiger partial charge < -0.3 is 0 Å². The van der Waals surface area contributed by atoms with E-state index in [9.17, 15) is 10.1 Å². The lowest BCUT2D eigenvalue weighted by molar-refractivity contribution is -0.382. The second-order valence-electron chi connectivity index (χ2n) is 2.98. The van der Waals surface area contributed by atoms with Gasteiger partial charge in [0.2, 0.25) is 0 Å². The van der Waals surface area contributed by atoms with Gasteiger partial charge in [0, 0.05) is 15.0 Å². The standard InChI is InChI=1S/C9H6INO2S/c1-5-4-14-9-7(5)2-6(10)3-8(9)11(12)13/h2-4H,1H3. The van der Waals surface area contributed by atoms with Crippen LogP contribution in [0, 0.1) is 20.6 Å². The molecule has 0 bridgehead atoms. The first-order valence-corrected chi connectivity index (χ1v) is 5.87. The zero-order valence-electron chi connectivity index (χ0n) is 7.28. The van der Waals surface area contributed by atoms with Crippen LogP contribution < -0.4 is 0 Å². The molecule has 1 aromatic carbocycles. The van der Waals surface area contributed by atoms with E-state index in [1.807, 2.05) is 18.4 Å². The molecule has 0 aliphatic carbocycles. The predicted octanol–water partition coefficient (Wildman–Crippen LogP) is 3.72. The van der Waals surface area contributed by atoms with Gasteiger partial charge in [0.25, 0.3) is 5.69 Å². The lowest BCUT2D eigenvalue weighted by atomic mass is 10.2. The highest BCUT2D eigenvalue weighted by atomic mass is 127. The van der Waals surface area contributed by atoms with Crippen LogP contribution in [0.1, 0.15) is 5.56 Å². The quantitative estimate of drug-likeness (QED) is 0.457. The number of hydrogen-bond donors (Lipinski definition) is 0. The molecule has 1 aromatic heterocycles. The molecule has 14 heavy (non-hydrogen) atoms. The van der Waals surface area contributed by atoms with Crippen molar-refractivity contribution in [2.75, 3.05) is 0 Å². The minimum Gasteiger partial charge on any atom is -0.258 e. The first-order chi connectivity index (χ1) is 6.59. The van der Waals surface area contributed by atoms with E-state index >= 15 is 0 Å². The molecule has 0 saturated carbocycles. The Bertz CT molecular complexity index is 521. The van der Waals surface area contributed by atoms with Gasteiger partial charge in [-0.25, -0.2) is 0 Å². The number of non-ortho nitro benzene ring substituents is 1. The highest BCUT2D eigenvalue weighted by molar-refractivity contribution is 14.1. The molecule has 2 aromatic rings. The fraction of sp³-hybridized carbons (Fsp3) is 0.111. The molecule has 3 nitrogen and oxygen atoms in total. The fourth-order valence-corrected chi connectivity index (χ4v) is 2.97. The Balaban J connectivity index is 2.88. The van der Waals surface area contributed by atoms with Gasteiger partial charge in [-0.3, -0.25) is 10.1 Å². The average Bonchev–Trinajstić information content (AvgIpc) is 2.47. The summed E-state index contributed by atoms with van der Waals surface area (Å²) in [5, 5.41) is 13.7. The summed E-state index contributed by atoms with van der Waals surface area (Å²) in [5.41, 5.74) is 1.32. The summed E-state index contributed by atoms with van der Waals surface area (Å²) in [5.74, 6) is 0. The van der Waals surface area contributed by atoms with Crippen molar-refractivity contribution >= 4 is 49.7 Å². The minimum absolute atomic E-state index is 0.213. The summed E-state index contributed by atoms with van der Waals surface area (Å²) in [7, 11) is 0. The molecular weight excluding hydrogens is 313 g/mol. The number of nitro groups is 1. The SMILES string of the molecule is Cc1csc2c([N+](=O)[O-])cc(I)cc12. The second kappa shape index (κ2) is 3.47. The summed E-state index contributed by atoms with van der Waals surface area (Å²) in [4.78, 5) is 10.5. The number of hydrogen-bond acceptors (Lipinski definition) is 3. The summed E-state index contributed by atoms with van der Waals surface area (Å²) >= 11 is 3.53. The van der Waals surface area contributed by atoms with E-state index in [1.165, 1.54) is 11.3 Å². The van der Waals surface area contributed by atoms with Crippen LogP contribution in [-0.2, 0) is 0 Å². The van der Waals surface area contributed by atoms with Gasteiger partial charge in [0.15, 0.2) is 0 Å². The monoisotopic (exact) mass is 319 g/mol. The first-order valence-electron chi connectivity index (χ1n) is 3.91. The summed E-state index contributed by atoms with van der Waals surface area (Å²) in [6, 6.07) is 3.59. The predicted molar refractivity (Wildman–Crippen MR) is 65.9 cm³/mol. The lowest BCUT2D eigenvalue weighted by Crippen LogP contribution is -1.88. The van der Waals surface area contributed by atoms with E-state index in [0.717, 1.165) is 19.2 Å². The van der Waals surface area contributed by atoms with Crippen molar-refractivity contribution in [2.24, 2.45) is 0 Å². The molecule has 0 fully saturated rings. The number of rotatable bonds is 1. The van der Waals surface area contributed by atoms with E-state index in [-0.39, 0.29) is 10.6 Å². The van der Waals surface area contributed by atoms with Crippen molar-refractivity contribution in [2.45, 2.75) is 6.92 Å². The van der Waals surface area contributed by atoms with Crippen LogP contribution in [0.5, 0.6) is 0 Å². The molecule has 0 N–H and O–H groups in total. The number of halogens is 1. The van der Waals surface area contributed by atoms with Crippen LogP contribution in [0.4, 0.5) is 5.69 Å². The van der Waals surface area contributed by atoms with Gasteiger partial charge in [0.1, 0.15) is 4.70 Å². The van der Waals surface area contributed by atoms with Crippen molar-refractivity contribution in [1.29, 1.82) is 0 Å². The van der Waals surface area contributed by atoms with Crippen LogP contribution in [0.2, 0.25) is 0 Å². The topological polar surface area (TPSA) is 43.1 Å². The van der Waals surface area contributed by atoms with Crippen molar-refractivity contribution in [3.8, 4) is 0 Å². The van der Waals surface area contributed by atoms with Crippen LogP contribution in [0.3, 0.4) is 0 Å². The average molecular weight is 319 g/mol. The Morgan fingerprint density at radius 1 is 1.50 bits per heavy atom. The van der Waals surface area contributed by atoms with E-state index in [0.29, 0.717) is 0 Å². The van der Waals surface area contributed by atoms with Gasteiger partial charge >= 0.3 is 0 Å².